The Morgan fingerprint density at radius 1 is 0.760 bits per heavy atom. The number of esters is 1. The van der Waals surface area contributed by atoms with Gasteiger partial charge < -0.3 is 15.2 Å². The van der Waals surface area contributed by atoms with Crippen LogP contribution in [0.3, 0.4) is 0 Å². The van der Waals surface area contributed by atoms with Crippen molar-refractivity contribution < 1.29 is 19.9 Å². The van der Waals surface area contributed by atoms with Crippen molar-refractivity contribution in [3.8, 4) is 0 Å². The highest BCUT2D eigenvalue weighted by Gasteiger charge is 2.50. The number of ether oxygens (including phenoxy) is 1. The van der Waals surface area contributed by atoms with Crippen molar-refractivity contribution in [3.63, 3.8) is 0 Å². The van der Waals surface area contributed by atoms with Crippen molar-refractivity contribution >= 4 is 5.97 Å². The molecule has 2 saturated heterocycles. The van der Waals surface area contributed by atoms with Gasteiger partial charge >= 0.3 is 5.97 Å². The molecule has 0 radical (unpaired) electrons. The molecule has 6 nitrogen and oxygen atoms in total. The molecule has 6 heteroatoms. The second kappa shape index (κ2) is 6.19. The second-order valence-corrected chi connectivity index (χ2v) is 10.4. The first-order valence-electron chi connectivity index (χ1n) is 9.27. The molecule has 146 valence electrons. The van der Waals surface area contributed by atoms with Gasteiger partial charge in [0.1, 0.15) is 6.10 Å². The molecule has 2 aliphatic heterocycles. The van der Waals surface area contributed by atoms with Gasteiger partial charge in [-0.05, 0) is 68.2 Å². The van der Waals surface area contributed by atoms with Gasteiger partial charge in [-0.1, -0.05) is 0 Å². The summed E-state index contributed by atoms with van der Waals surface area (Å²) in [5.74, 6) is -0.413. The average molecular weight is 357 g/mol. The van der Waals surface area contributed by atoms with Crippen LogP contribution in [0.15, 0.2) is 0 Å². The van der Waals surface area contributed by atoms with Crippen LogP contribution < -0.4 is 0 Å². The lowest BCUT2D eigenvalue weighted by Gasteiger charge is -2.52. The lowest BCUT2D eigenvalue weighted by molar-refractivity contribution is -0.264. The van der Waals surface area contributed by atoms with E-state index in [4.69, 9.17) is 4.74 Å². The number of carbonyl (C=O) groups is 1. The zero-order chi connectivity index (χ0) is 19.4. The lowest BCUT2D eigenvalue weighted by atomic mass is 9.75. The van der Waals surface area contributed by atoms with Gasteiger partial charge in [-0.25, -0.2) is 0 Å². The summed E-state index contributed by atoms with van der Waals surface area (Å²) in [4.78, 5) is 12.9. The molecule has 2 rings (SSSR count). The molecular formula is C19H36N2O4. The third kappa shape index (κ3) is 4.02. The van der Waals surface area contributed by atoms with E-state index in [9.17, 15) is 15.2 Å². The molecule has 0 aromatic carbocycles. The molecule has 0 aromatic heterocycles. The summed E-state index contributed by atoms with van der Waals surface area (Å²) in [5.41, 5.74) is -1.84. The first kappa shape index (κ1) is 20.6. The maximum atomic E-state index is 12.9. The molecule has 0 spiro atoms. The molecule has 0 saturated carbocycles. The van der Waals surface area contributed by atoms with Gasteiger partial charge in [0.2, 0.25) is 0 Å². The van der Waals surface area contributed by atoms with E-state index in [1.807, 2.05) is 55.4 Å². The van der Waals surface area contributed by atoms with E-state index in [1.54, 1.807) is 0 Å². The molecule has 2 N–H and O–H groups in total. The number of hydroxylamine groups is 4. The van der Waals surface area contributed by atoms with Gasteiger partial charge in [0, 0.05) is 35.0 Å². The second-order valence-electron chi connectivity index (χ2n) is 10.4. The van der Waals surface area contributed by atoms with Gasteiger partial charge in [0.05, 0.1) is 5.92 Å². The van der Waals surface area contributed by atoms with E-state index in [2.05, 4.69) is 0 Å². The Bertz CT molecular complexity index is 492. The van der Waals surface area contributed by atoms with Crippen molar-refractivity contribution in [2.45, 2.75) is 109 Å². The highest BCUT2D eigenvalue weighted by molar-refractivity contribution is 5.73. The van der Waals surface area contributed by atoms with Crippen LogP contribution in [0.4, 0.5) is 0 Å². The SMILES string of the molecule is CC1(C)CC(OC(=O)C2CC(C)(C)N(O)C(C)(C)C2)CC(C)(C)N1O. The van der Waals surface area contributed by atoms with Crippen LogP contribution in [0.2, 0.25) is 0 Å². The molecule has 25 heavy (non-hydrogen) atoms. The highest BCUT2D eigenvalue weighted by Crippen LogP contribution is 2.42. The Hall–Kier alpha value is -0.690. The smallest absolute Gasteiger partial charge is 0.309 e. The Morgan fingerprint density at radius 2 is 1.08 bits per heavy atom. The van der Waals surface area contributed by atoms with Crippen LogP contribution in [0.25, 0.3) is 0 Å². The molecular weight excluding hydrogens is 320 g/mol. The molecule has 0 unspecified atom stereocenters. The van der Waals surface area contributed by atoms with E-state index in [0.29, 0.717) is 25.7 Å². The van der Waals surface area contributed by atoms with E-state index >= 15 is 0 Å². The fraction of sp³-hybridized carbons (Fsp3) is 0.947. The zero-order valence-electron chi connectivity index (χ0n) is 17.1. The number of hydrogen-bond donors (Lipinski definition) is 2. The van der Waals surface area contributed by atoms with E-state index in [0.717, 1.165) is 0 Å². The maximum Gasteiger partial charge on any atom is 0.309 e. The molecule has 0 bridgehead atoms. The van der Waals surface area contributed by atoms with Crippen molar-refractivity contribution in [1.29, 1.82) is 0 Å². The number of hydrogen-bond acceptors (Lipinski definition) is 6. The third-order valence-corrected chi connectivity index (χ3v) is 5.86. The fourth-order valence-electron chi connectivity index (χ4n) is 4.96. The first-order valence-corrected chi connectivity index (χ1v) is 9.27. The van der Waals surface area contributed by atoms with Crippen LogP contribution in [-0.4, -0.2) is 54.8 Å². The van der Waals surface area contributed by atoms with Crippen LogP contribution in [0.1, 0.15) is 81.1 Å². The monoisotopic (exact) mass is 356 g/mol. The summed E-state index contributed by atoms with van der Waals surface area (Å²) in [6.07, 6.45) is 2.13. The molecule has 2 heterocycles. The average Bonchev–Trinajstić information content (AvgIpc) is 2.40. The van der Waals surface area contributed by atoms with Crippen molar-refractivity contribution in [2.24, 2.45) is 5.92 Å². The Balaban J connectivity index is 2.10. The van der Waals surface area contributed by atoms with Gasteiger partial charge in [0.15, 0.2) is 0 Å². The Kier molecular flexibility index (Phi) is 5.10. The Labute approximate surface area is 152 Å². The summed E-state index contributed by atoms with van der Waals surface area (Å²) in [7, 11) is 0. The predicted octanol–water partition coefficient (Wildman–Crippen LogP) is 3.60. The minimum Gasteiger partial charge on any atom is -0.462 e. The molecule has 2 fully saturated rings. The van der Waals surface area contributed by atoms with Gasteiger partial charge in [-0.3, -0.25) is 4.79 Å². The summed E-state index contributed by atoms with van der Waals surface area (Å²) in [5, 5.41) is 23.6. The van der Waals surface area contributed by atoms with E-state index in [1.165, 1.54) is 10.1 Å². The zero-order valence-corrected chi connectivity index (χ0v) is 17.1. The molecule has 0 amide bonds. The summed E-state index contributed by atoms with van der Waals surface area (Å²) in [6, 6.07) is 0. The number of nitrogens with zero attached hydrogens (tertiary/aromatic N) is 2. The van der Waals surface area contributed by atoms with Gasteiger partial charge in [-0.2, -0.15) is 10.1 Å². The van der Waals surface area contributed by atoms with E-state index < -0.39 is 22.2 Å². The number of piperidine rings is 2. The first-order chi connectivity index (χ1) is 11.1. The van der Waals surface area contributed by atoms with Crippen molar-refractivity contribution in [2.75, 3.05) is 0 Å². The fourth-order valence-corrected chi connectivity index (χ4v) is 4.96. The number of carbonyl (C=O) groups excluding carboxylic acids is 1. The van der Waals surface area contributed by atoms with E-state index in [-0.39, 0.29) is 18.0 Å². The van der Waals surface area contributed by atoms with Gasteiger partial charge in [-0.15, -0.1) is 0 Å². The lowest BCUT2D eigenvalue weighted by Crippen LogP contribution is -2.62. The largest absolute Gasteiger partial charge is 0.462 e. The van der Waals surface area contributed by atoms with Crippen LogP contribution in [0.5, 0.6) is 0 Å². The Morgan fingerprint density at radius 3 is 1.44 bits per heavy atom. The number of rotatable bonds is 2. The summed E-state index contributed by atoms with van der Waals surface area (Å²) < 4.78 is 5.90. The predicted molar refractivity (Wildman–Crippen MR) is 95.4 cm³/mol. The summed E-state index contributed by atoms with van der Waals surface area (Å²) in [6.45, 7) is 15.7. The molecule has 2 aliphatic rings. The molecule has 0 aliphatic carbocycles. The minimum atomic E-state index is -0.474. The normalized spacial score (nSPS) is 30.2. The molecule has 0 aromatic rings. The summed E-state index contributed by atoms with van der Waals surface area (Å²) >= 11 is 0. The molecule has 0 atom stereocenters. The van der Waals surface area contributed by atoms with Crippen LogP contribution >= 0.6 is 0 Å². The highest BCUT2D eigenvalue weighted by atomic mass is 16.6. The van der Waals surface area contributed by atoms with Crippen LogP contribution in [0, 0.1) is 5.92 Å². The van der Waals surface area contributed by atoms with Crippen molar-refractivity contribution in [3.05, 3.63) is 0 Å². The topological polar surface area (TPSA) is 73.2 Å². The van der Waals surface area contributed by atoms with Crippen LogP contribution in [-0.2, 0) is 9.53 Å². The minimum absolute atomic E-state index is 0.183. The standard InChI is InChI=1S/C19H36N2O4/c1-16(2)9-13(10-17(3,4)20(16)23)15(22)25-14-11-18(5,6)21(24)19(7,8)12-14/h13-14,23-24H,9-12H2,1-8H3. The van der Waals surface area contributed by atoms with Gasteiger partial charge in [0.25, 0.3) is 0 Å². The maximum absolute atomic E-state index is 12.9. The third-order valence-electron chi connectivity index (χ3n) is 5.86. The quantitative estimate of drug-likeness (QED) is 0.737. The van der Waals surface area contributed by atoms with Crippen molar-refractivity contribution in [1.82, 2.24) is 10.1 Å².